The molecule has 34 heavy (non-hydrogen) atoms. The Morgan fingerprint density at radius 3 is 2.32 bits per heavy atom. The fraction of sp³-hybridized carbons (Fsp3) is 0.478. The van der Waals surface area contributed by atoms with Crippen LogP contribution in [0.4, 0.5) is 19.0 Å². The van der Waals surface area contributed by atoms with E-state index in [1.54, 1.807) is 30.3 Å². The summed E-state index contributed by atoms with van der Waals surface area (Å²) < 4.78 is 65.4. The molecule has 2 fully saturated rings. The smallest absolute Gasteiger partial charge is 0.356 e. The van der Waals surface area contributed by atoms with Gasteiger partial charge in [0, 0.05) is 38.4 Å². The minimum atomic E-state index is -4.42. The second-order valence-corrected chi connectivity index (χ2v) is 10.6. The Hall–Kier alpha value is -2.66. The van der Waals surface area contributed by atoms with Crippen LogP contribution in [0.1, 0.15) is 31.2 Å². The summed E-state index contributed by atoms with van der Waals surface area (Å²) in [6.07, 6.45) is -1.08. The van der Waals surface area contributed by atoms with Crippen molar-refractivity contribution >= 4 is 21.7 Å². The number of rotatable bonds is 5. The molecule has 1 N–H and O–H groups in total. The van der Waals surface area contributed by atoms with Crippen LogP contribution in [-0.2, 0) is 21.0 Å². The summed E-state index contributed by atoms with van der Waals surface area (Å²) in [6.45, 7) is 1.65. The molecule has 0 radical (unpaired) electrons. The number of alkyl halides is 3. The topological polar surface area (TPSA) is 82.6 Å². The van der Waals surface area contributed by atoms with Gasteiger partial charge in [-0.1, -0.05) is 18.2 Å². The first-order valence-electron chi connectivity index (χ1n) is 11.3. The fourth-order valence-corrected chi connectivity index (χ4v) is 5.97. The maximum atomic E-state index is 12.9. The van der Waals surface area contributed by atoms with Crippen LogP contribution >= 0.6 is 0 Å². The zero-order valence-electron chi connectivity index (χ0n) is 18.5. The van der Waals surface area contributed by atoms with E-state index in [1.165, 1.54) is 10.4 Å². The van der Waals surface area contributed by atoms with Crippen LogP contribution in [0.5, 0.6) is 0 Å². The minimum absolute atomic E-state index is 0.0701. The SMILES string of the molecule is O=C(NC1CCN(c2ccc(C(F)(F)F)cn2)CC1)C1CCCN(S(=O)(=O)c2ccccc2)C1. The van der Waals surface area contributed by atoms with Gasteiger partial charge in [-0.3, -0.25) is 4.79 Å². The van der Waals surface area contributed by atoms with Crippen LogP contribution in [-0.4, -0.2) is 55.8 Å². The van der Waals surface area contributed by atoms with Crippen molar-refractivity contribution in [1.82, 2.24) is 14.6 Å². The molecule has 0 saturated carbocycles. The van der Waals surface area contributed by atoms with Gasteiger partial charge in [0.15, 0.2) is 0 Å². The van der Waals surface area contributed by atoms with Gasteiger partial charge in [0.2, 0.25) is 15.9 Å². The van der Waals surface area contributed by atoms with Crippen LogP contribution in [0.3, 0.4) is 0 Å². The van der Waals surface area contributed by atoms with E-state index in [1.807, 2.05) is 4.90 Å². The second-order valence-electron chi connectivity index (χ2n) is 8.69. The lowest BCUT2D eigenvalue weighted by Gasteiger charge is -2.35. The first kappa shape index (κ1) is 24.5. The van der Waals surface area contributed by atoms with Gasteiger partial charge >= 0.3 is 6.18 Å². The van der Waals surface area contributed by atoms with Crippen molar-refractivity contribution in [2.24, 2.45) is 5.92 Å². The Morgan fingerprint density at radius 1 is 1.00 bits per heavy atom. The monoisotopic (exact) mass is 496 g/mol. The highest BCUT2D eigenvalue weighted by molar-refractivity contribution is 7.89. The molecule has 1 atom stereocenters. The van der Waals surface area contributed by atoms with Gasteiger partial charge in [0.1, 0.15) is 5.82 Å². The maximum Gasteiger partial charge on any atom is 0.417 e. The highest BCUT2D eigenvalue weighted by Gasteiger charge is 2.34. The standard InChI is InChI=1S/C23H27F3N4O3S/c24-23(25,26)18-8-9-21(27-15-18)29-13-10-19(11-14-29)28-22(31)17-5-4-12-30(16-17)34(32,33)20-6-2-1-3-7-20/h1-3,6-9,15,17,19H,4-5,10-14,16H2,(H,28,31). The lowest BCUT2D eigenvalue weighted by molar-refractivity contribution is -0.137. The van der Waals surface area contributed by atoms with Gasteiger partial charge in [0.25, 0.3) is 0 Å². The number of sulfonamides is 1. The van der Waals surface area contributed by atoms with Gasteiger partial charge in [-0.05, 0) is 49.9 Å². The number of halogens is 3. The predicted octanol–water partition coefficient (Wildman–Crippen LogP) is 3.29. The molecule has 3 heterocycles. The Balaban J connectivity index is 1.30. The molecule has 1 aromatic heterocycles. The Morgan fingerprint density at radius 2 is 1.71 bits per heavy atom. The number of carbonyl (C=O) groups excluding carboxylic acids is 1. The third-order valence-electron chi connectivity index (χ3n) is 6.38. The Bertz CT molecular complexity index is 1090. The maximum absolute atomic E-state index is 12.9. The molecule has 0 aliphatic carbocycles. The molecule has 1 aromatic carbocycles. The number of hydrogen-bond acceptors (Lipinski definition) is 5. The normalized spacial score (nSPS) is 20.8. The second kappa shape index (κ2) is 9.91. The number of amides is 1. The highest BCUT2D eigenvalue weighted by Crippen LogP contribution is 2.30. The molecule has 11 heteroatoms. The molecule has 0 bridgehead atoms. The number of pyridine rings is 1. The van der Waals surface area contributed by atoms with Gasteiger partial charge in [-0.2, -0.15) is 17.5 Å². The van der Waals surface area contributed by atoms with E-state index in [2.05, 4.69) is 10.3 Å². The van der Waals surface area contributed by atoms with Crippen molar-refractivity contribution in [2.75, 3.05) is 31.1 Å². The number of piperidine rings is 2. The van der Waals surface area contributed by atoms with Crippen LogP contribution in [0.25, 0.3) is 0 Å². The molecule has 1 amide bonds. The summed E-state index contributed by atoms with van der Waals surface area (Å²) in [7, 11) is -3.64. The van der Waals surface area contributed by atoms with Crippen molar-refractivity contribution in [3.05, 3.63) is 54.2 Å². The van der Waals surface area contributed by atoms with Crippen LogP contribution in [0.15, 0.2) is 53.6 Å². The van der Waals surface area contributed by atoms with Crippen molar-refractivity contribution in [2.45, 2.75) is 42.8 Å². The summed E-state index contributed by atoms with van der Waals surface area (Å²) in [4.78, 5) is 19.0. The third kappa shape index (κ3) is 5.52. The van der Waals surface area contributed by atoms with Crippen molar-refractivity contribution in [3.8, 4) is 0 Å². The molecule has 2 aromatic rings. The van der Waals surface area contributed by atoms with Gasteiger partial charge < -0.3 is 10.2 Å². The first-order chi connectivity index (χ1) is 16.1. The summed E-state index contributed by atoms with van der Waals surface area (Å²) in [5.74, 6) is -0.0901. The molecule has 2 saturated heterocycles. The van der Waals surface area contributed by atoms with Gasteiger partial charge in [-0.25, -0.2) is 13.4 Å². The van der Waals surface area contributed by atoms with E-state index in [4.69, 9.17) is 0 Å². The first-order valence-corrected chi connectivity index (χ1v) is 12.7. The molecule has 1 unspecified atom stereocenters. The Labute approximate surface area is 197 Å². The third-order valence-corrected chi connectivity index (χ3v) is 8.26. The molecular formula is C23H27F3N4O3S. The van der Waals surface area contributed by atoms with E-state index in [0.29, 0.717) is 51.1 Å². The van der Waals surface area contributed by atoms with E-state index < -0.39 is 27.7 Å². The minimum Gasteiger partial charge on any atom is -0.356 e. The lowest BCUT2D eigenvalue weighted by atomic mass is 9.97. The predicted molar refractivity (Wildman–Crippen MR) is 121 cm³/mol. The summed E-state index contributed by atoms with van der Waals surface area (Å²) in [6, 6.07) is 10.5. The average Bonchev–Trinajstić information content (AvgIpc) is 2.85. The fourth-order valence-electron chi connectivity index (χ4n) is 4.43. The summed E-state index contributed by atoms with van der Waals surface area (Å²) in [5.41, 5.74) is -0.783. The van der Waals surface area contributed by atoms with E-state index in [9.17, 15) is 26.4 Å². The number of carbonyl (C=O) groups is 1. The van der Waals surface area contributed by atoms with E-state index in [0.717, 1.165) is 12.3 Å². The van der Waals surface area contributed by atoms with Crippen LogP contribution < -0.4 is 10.2 Å². The van der Waals surface area contributed by atoms with Crippen molar-refractivity contribution < 1.29 is 26.4 Å². The Kier molecular flexibility index (Phi) is 7.13. The summed E-state index contributed by atoms with van der Waals surface area (Å²) >= 11 is 0. The van der Waals surface area contributed by atoms with Crippen molar-refractivity contribution in [1.29, 1.82) is 0 Å². The molecular weight excluding hydrogens is 469 g/mol. The molecule has 184 valence electrons. The number of anilines is 1. The molecule has 2 aliphatic heterocycles. The highest BCUT2D eigenvalue weighted by atomic mass is 32.2. The zero-order chi connectivity index (χ0) is 24.3. The van der Waals surface area contributed by atoms with Crippen molar-refractivity contribution in [3.63, 3.8) is 0 Å². The zero-order valence-corrected chi connectivity index (χ0v) is 19.4. The molecule has 4 rings (SSSR count). The quantitative estimate of drug-likeness (QED) is 0.687. The average molecular weight is 497 g/mol. The van der Waals surface area contributed by atoms with E-state index in [-0.39, 0.29) is 23.4 Å². The lowest BCUT2D eigenvalue weighted by Crippen LogP contribution is -2.50. The number of hydrogen-bond donors (Lipinski definition) is 1. The largest absolute Gasteiger partial charge is 0.417 e. The van der Waals surface area contributed by atoms with Gasteiger partial charge in [-0.15, -0.1) is 0 Å². The molecule has 0 spiro atoms. The summed E-state index contributed by atoms with van der Waals surface area (Å²) in [5, 5.41) is 3.05. The number of nitrogens with zero attached hydrogens (tertiary/aromatic N) is 3. The van der Waals surface area contributed by atoms with Gasteiger partial charge in [0.05, 0.1) is 16.4 Å². The van der Waals surface area contributed by atoms with Crippen LogP contribution in [0.2, 0.25) is 0 Å². The molecule has 7 nitrogen and oxygen atoms in total. The van der Waals surface area contributed by atoms with Crippen LogP contribution in [0, 0.1) is 5.92 Å². The number of benzene rings is 1. The molecule has 2 aliphatic rings. The number of nitrogens with one attached hydrogen (secondary N) is 1. The van der Waals surface area contributed by atoms with E-state index >= 15 is 0 Å². The number of aromatic nitrogens is 1.